The quantitative estimate of drug-likeness (QED) is 0.783. The van der Waals surface area contributed by atoms with Gasteiger partial charge in [-0.15, -0.1) is 0 Å². The molecule has 18 heavy (non-hydrogen) atoms. The number of hydrogen-bond acceptors (Lipinski definition) is 1. The van der Waals surface area contributed by atoms with Crippen molar-refractivity contribution in [1.29, 1.82) is 0 Å². The number of hydrogen-bond donors (Lipinski definition) is 0. The minimum atomic E-state index is 0.751. The first-order chi connectivity index (χ1) is 8.66. The summed E-state index contributed by atoms with van der Waals surface area (Å²) in [5.41, 5.74) is 4.40. The van der Waals surface area contributed by atoms with Crippen LogP contribution in [-0.4, -0.2) is 22.6 Å². The van der Waals surface area contributed by atoms with Crippen molar-refractivity contribution in [3.8, 4) is 0 Å². The maximum atomic E-state index is 2.59. The normalized spacial score (nSPS) is 16.4. The average Bonchev–Trinajstić information content (AvgIpc) is 2.63. The number of para-hydroxylation sites is 1. The minimum Gasteiger partial charge on any atom is -0.342 e. The Morgan fingerprint density at radius 3 is 2.72 bits per heavy atom. The maximum absolute atomic E-state index is 2.59. The molecule has 0 unspecified atom stereocenters. The van der Waals surface area contributed by atoms with E-state index in [1.807, 2.05) is 0 Å². The van der Waals surface area contributed by atoms with Gasteiger partial charge in [-0.05, 0) is 24.5 Å². The number of aromatic nitrogens is 1. The molecule has 0 spiro atoms. The Labute approximate surface area is 109 Å². The topological polar surface area (TPSA) is 8.17 Å². The van der Waals surface area contributed by atoms with E-state index in [-0.39, 0.29) is 0 Å². The molecule has 2 nitrogen and oxygen atoms in total. The molecule has 0 atom stereocenters. The van der Waals surface area contributed by atoms with E-state index in [4.69, 9.17) is 0 Å². The molecule has 3 rings (SSSR count). The van der Waals surface area contributed by atoms with E-state index in [1.54, 1.807) is 0 Å². The second-order valence-corrected chi connectivity index (χ2v) is 5.87. The lowest BCUT2D eigenvalue weighted by molar-refractivity contribution is 0.200. The van der Waals surface area contributed by atoms with Crippen LogP contribution in [0.4, 0.5) is 0 Å². The van der Waals surface area contributed by atoms with Crippen LogP contribution in [0.5, 0.6) is 0 Å². The number of rotatable bonds is 2. The largest absolute Gasteiger partial charge is 0.342 e. The highest BCUT2D eigenvalue weighted by atomic mass is 15.2. The van der Waals surface area contributed by atoms with E-state index >= 15 is 0 Å². The summed E-state index contributed by atoms with van der Waals surface area (Å²) in [5, 5.41) is 1.43. The molecule has 96 valence electrons. The van der Waals surface area contributed by atoms with Gasteiger partial charge in [-0.1, -0.05) is 32.0 Å². The van der Waals surface area contributed by atoms with Gasteiger partial charge in [0.15, 0.2) is 0 Å². The number of nitrogens with zero attached hydrogens (tertiary/aromatic N) is 2. The summed E-state index contributed by atoms with van der Waals surface area (Å²) in [7, 11) is 0. The van der Waals surface area contributed by atoms with Gasteiger partial charge < -0.3 is 4.57 Å². The van der Waals surface area contributed by atoms with Crippen LogP contribution in [0.3, 0.4) is 0 Å². The third-order valence-electron chi connectivity index (χ3n) is 3.99. The molecular weight excluding hydrogens is 220 g/mol. The van der Waals surface area contributed by atoms with Gasteiger partial charge in [0.1, 0.15) is 0 Å². The Morgan fingerprint density at radius 2 is 1.94 bits per heavy atom. The standard InChI is InChI=1S/C16H22N2/c1-12(2)10-17-8-9-18-15-7-5-4-6-14(15)13(3)16(18)11-17/h4-7,12H,8-11H2,1-3H3. The van der Waals surface area contributed by atoms with E-state index < -0.39 is 0 Å². The molecule has 1 aliphatic heterocycles. The van der Waals surface area contributed by atoms with Crippen LogP contribution in [0.1, 0.15) is 25.1 Å². The molecule has 1 aromatic heterocycles. The zero-order valence-corrected chi connectivity index (χ0v) is 11.6. The van der Waals surface area contributed by atoms with Crippen molar-refractivity contribution < 1.29 is 0 Å². The summed E-state index contributed by atoms with van der Waals surface area (Å²) in [4.78, 5) is 2.59. The van der Waals surface area contributed by atoms with E-state index in [9.17, 15) is 0 Å². The number of aryl methyl sites for hydroxylation is 1. The fourth-order valence-electron chi connectivity index (χ4n) is 3.19. The Bertz CT molecular complexity index is 566. The predicted octanol–water partition coefficient (Wildman–Crippen LogP) is 3.42. The first-order valence-corrected chi connectivity index (χ1v) is 6.96. The summed E-state index contributed by atoms with van der Waals surface area (Å²) in [6.45, 7) is 11.5. The minimum absolute atomic E-state index is 0.751. The Hall–Kier alpha value is -1.28. The smallest absolute Gasteiger partial charge is 0.0486 e. The van der Waals surface area contributed by atoms with Gasteiger partial charge in [0, 0.05) is 42.8 Å². The highest BCUT2D eigenvalue weighted by molar-refractivity contribution is 5.85. The average molecular weight is 242 g/mol. The van der Waals surface area contributed by atoms with Crippen LogP contribution in [0, 0.1) is 12.8 Å². The molecule has 0 N–H and O–H groups in total. The Morgan fingerprint density at radius 1 is 1.17 bits per heavy atom. The lowest BCUT2D eigenvalue weighted by Crippen LogP contribution is -2.36. The molecular formula is C16H22N2. The summed E-state index contributed by atoms with van der Waals surface area (Å²) >= 11 is 0. The van der Waals surface area contributed by atoms with Crippen LogP contribution < -0.4 is 0 Å². The van der Waals surface area contributed by atoms with Crippen molar-refractivity contribution in [2.45, 2.75) is 33.9 Å². The van der Waals surface area contributed by atoms with Crippen molar-refractivity contribution in [3.63, 3.8) is 0 Å². The predicted molar refractivity (Wildman–Crippen MR) is 76.8 cm³/mol. The Balaban J connectivity index is 2.01. The van der Waals surface area contributed by atoms with Crippen molar-refractivity contribution in [2.75, 3.05) is 13.1 Å². The van der Waals surface area contributed by atoms with Gasteiger partial charge >= 0.3 is 0 Å². The zero-order valence-electron chi connectivity index (χ0n) is 11.6. The first kappa shape index (κ1) is 11.8. The van der Waals surface area contributed by atoms with E-state index in [2.05, 4.69) is 54.5 Å². The number of fused-ring (bicyclic) bond motifs is 3. The lowest BCUT2D eigenvalue weighted by Gasteiger charge is -2.30. The lowest BCUT2D eigenvalue weighted by atomic mass is 10.1. The van der Waals surface area contributed by atoms with E-state index in [0.29, 0.717) is 0 Å². The maximum Gasteiger partial charge on any atom is 0.0486 e. The second kappa shape index (κ2) is 4.43. The van der Waals surface area contributed by atoms with Crippen LogP contribution in [0.25, 0.3) is 10.9 Å². The highest BCUT2D eigenvalue weighted by Crippen LogP contribution is 2.28. The van der Waals surface area contributed by atoms with Crippen LogP contribution in [0.15, 0.2) is 24.3 Å². The molecule has 2 heterocycles. The molecule has 0 saturated heterocycles. The zero-order chi connectivity index (χ0) is 12.7. The van der Waals surface area contributed by atoms with Crippen LogP contribution in [-0.2, 0) is 13.1 Å². The SMILES string of the molecule is Cc1c2n(c3ccccc13)CCN(CC(C)C)C2. The van der Waals surface area contributed by atoms with E-state index in [0.717, 1.165) is 19.0 Å². The second-order valence-electron chi connectivity index (χ2n) is 5.87. The van der Waals surface area contributed by atoms with Crippen molar-refractivity contribution >= 4 is 10.9 Å². The fraction of sp³-hybridized carbons (Fsp3) is 0.500. The molecule has 0 radical (unpaired) electrons. The molecule has 1 aromatic carbocycles. The van der Waals surface area contributed by atoms with Crippen LogP contribution in [0.2, 0.25) is 0 Å². The fourth-order valence-corrected chi connectivity index (χ4v) is 3.19. The van der Waals surface area contributed by atoms with Gasteiger partial charge in [0.05, 0.1) is 0 Å². The highest BCUT2D eigenvalue weighted by Gasteiger charge is 2.21. The first-order valence-electron chi connectivity index (χ1n) is 6.96. The Kier molecular flexibility index (Phi) is 2.90. The van der Waals surface area contributed by atoms with Crippen molar-refractivity contribution in [1.82, 2.24) is 9.47 Å². The summed E-state index contributed by atoms with van der Waals surface area (Å²) in [6, 6.07) is 8.80. The summed E-state index contributed by atoms with van der Waals surface area (Å²) < 4.78 is 2.52. The monoisotopic (exact) mass is 242 g/mol. The van der Waals surface area contributed by atoms with Gasteiger partial charge in [-0.3, -0.25) is 4.90 Å². The number of benzene rings is 1. The van der Waals surface area contributed by atoms with E-state index in [1.165, 1.54) is 35.2 Å². The third-order valence-corrected chi connectivity index (χ3v) is 3.99. The molecule has 0 amide bonds. The van der Waals surface area contributed by atoms with Gasteiger partial charge in [-0.25, -0.2) is 0 Å². The van der Waals surface area contributed by atoms with Crippen LogP contribution >= 0.6 is 0 Å². The molecule has 2 aromatic rings. The third kappa shape index (κ3) is 1.85. The van der Waals surface area contributed by atoms with Crippen molar-refractivity contribution in [3.05, 3.63) is 35.5 Å². The van der Waals surface area contributed by atoms with Crippen molar-refractivity contribution in [2.24, 2.45) is 5.92 Å². The summed E-state index contributed by atoms with van der Waals surface area (Å²) in [5.74, 6) is 0.751. The molecule has 0 aliphatic carbocycles. The van der Waals surface area contributed by atoms with Gasteiger partial charge in [0.25, 0.3) is 0 Å². The molecule has 0 bridgehead atoms. The van der Waals surface area contributed by atoms with Gasteiger partial charge in [-0.2, -0.15) is 0 Å². The summed E-state index contributed by atoms with van der Waals surface area (Å²) in [6.07, 6.45) is 0. The molecule has 0 saturated carbocycles. The van der Waals surface area contributed by atoms with Gasteiger partial charge in [0.2, 0.25) is 0 Å². The molecule has 1 aliphatic rings. The molecule has 0 fully saturated rings. The molecule has 2 heteroatoms.